The molecule has 0 spiro atoms. The second kappa shape index (κ2) is 6.41. The van der Waals surface area contributed by atoms with Crippen molar-refractivity contribution in [1.82, 2.24) is 14.5 Å². The standard InChI is InChI=1S/C17H24N4O2Si/c1-12-9-20-17(23-12)14-10-19-16-13(15(14)18)5-6-21(16)11-22-7-8-24(2,3)4/h5-6,9-10H,7-8,11H2,1-4H3,(H2,18,19). The highest BCUT2D eigenvalue weighted by molar-refractivity contribution is 6.76. The molecule has 7 heteroatoms. The Hall–Kier alpha value is -2.12. The van der Waals surface area contributed by atoms with Crippen LogP contribution in [-0.4, -0.2) is 29.2 Å². The first-order valence-corrected chi connectivity index (χ1v) is 11.8. The van der Waals surface area contributed by atoms with E-state index in [4.69, 9.17) is 14.9 Å². The first kappa shape index (κ1) is 16.7. The minimum Gasteiger partial charge on any atom is -0.441 e. The lowest BCUT2D eigenvalue weighted by Crippen LogP contribution is -2.22. The Kier molecular flexibility index (Phi) is 4.47. The Morgan fingerprint density at radius 1 is 1.25 bits per heavy atom. The minimum absolute atomic E-state index is 0.484. The van der Waals surface area contributed by atoms with Gasteiger partial charge < -0.3 is 19.5 Å². The molecule has 24 heavy (non-hydrogen) atoms. The lowest BCUT2D eigenvalue weighted by Gasteiger charge is -2.15. The van der Waals surface area contributed by atoms with Crippen LogP contribution in [0.15, 0.2) is 29.1 Å². The summed E-state index contributed by atoms with van der Waals surface area (Å²) in [6.07, 6.45) is 5.34. The van der Waals surface area contributed by atoms with Crippen molar-refractivity contribution in [1.29, 1.82) is 0 Å². The molecule has 3 aromatic rings. The molecule has 128 valence electrons. The molecule has 0 saturated carbocycles. The summed E-state index contributed by atoms with van der Waals surface area (Å²) >= 11 is 0. The fourth-order valence-electron chi connectivity index (χ4n) is 2.45. The number of hydrogen-bond acceptors (Lipinski definition) is 5. The lowest BCUT2D eigenvalue weighted by molar-refractivity contribution is 0.0899. The summed E-state index contributed by atoms with van der Waals surface area (Å²) in [5.41, 5.74) is 8.45. The molecule has 3 rings (SSSR count). The summed E-state index contributed by atoms with van der Waals surface area (Å²) < 4.78 is 13.3. The third-order valence-electron chi connectivity index (χ3n) is 3.91. The Labute approximate surface area is 142 Å². The number of anilines is 1. The van der Waals surface area contributed by atoms with Gasteiger partial charge in [0.25, 0.3) is 0 Å². The SMILES string of the molecule is Cc1cnc(-c2cnc3c(ccn3COCC[Si](C)(C)C)c2N)o1. The van der Waals surface area contributed by atoms with Crippen LogP contribution >= 0.6 is 0 Å². The van der Waals surface area contributed by atoms with Crippen molar-refractivity contribution in [3.05, 3.63) is 30.4 Å². The number of nitrogens with zero attached hydrogens (tertiary/aromatic N) is 3. The van der Waals surface area contributed by atoms with Gasteiger partial charge in [0.05, 0.1) is 17.4 Å². The number of nitrogen functional groups attached to an aromatic ring is 1. The molecule has 0 aliphatic heterocycles. The van der Waals surface area contributed by atoms with Crippen molar-refractivity contribution in [3.8, 4) is 11.5 Å². The van der Waals surface area contributed by atoms with E-state index in [-0.39, 0.29) is 0 Å². The summed E-state index contributed by atoms with van der Waals surface area (Å²) in [7, 11) is -1.07. The van der Waals surface area contributed by atoms with E-state index < -0.39 is 8.07 Å². The predicted molar refractivity (Wildman–Crippen MR) is 98.5 cm³/mol. The first-order chi connectivity index (χ1) is 11.3. The zero-order valence-corrected chi connectivity index (χ0v) is 15.7. The van der Waals surface area contributed by atoms with Gasteiger partial charge in [-0.3, -0.25) is 0 Å². The highest BCUT2D eigenvalue weighted by atomic mass is 28.3. The summed E-state index contributed by atoms with van der Waals surface area (Å²) in [5.74, 6) is 1.25. The van der Waals surface area contributed by atoms with Gasteiger partial charge >= 0.3 is 0 Å². The molecule has 0 saturated heterocycles. The van der Waals surface area contributed by atoms with Crippen LogP contribution in [-0.2, 0) is 11.5 Å². The maximum atomic E-state index is 6.30. The fraction of sp³-hybridized carbons (Fsp3) is 0.412. The third kappa shape index (κ3) is 3.52. The van der Waals surface area contributed by atoms with Crippen LogP contribution in [0.1, 0.15) is 5.76 Å². The van der Waals surface area contributed by atoms with Gasteiger partial charge in [-0.15, -0.1) is 0 Å². The van der Waals surface area contributed by atoms with Gasteiger partial charge in [0.1, 0.15) is 18.1 Å². The molecule has 0 atom stereocenters. The van der Waals surface area contributed by atoms with Crippen LogP contribution in [0.3, 0.4) is 0 Å². The number of nitrogens with two attached hydrogens (primary N) is 1. The van der Waals surface area contributed by atoms with E-state index in [1.165, 1.54) is 0 Å². The Morgan fingerprint density at radius 2 is 2.04 bits per heavy atom. The fourth-order valence-corrected chi connectivity index (χ4v) is 3.21. The lowest BCUT2D eigenvalue weighted by atomic mass is 10.2. The average Bonchev–Trinajstić information content (AvgIpc) is 3.10. The van der Waals surface area contributed by atoms with Gasteiger partial charge in [-0.2, -0.15) is 0 Å². The zero-order chi connectivity index (χ0) is 17.3. The quantitative estimate of drug-likeness (QED) is 0.542. The molecule has 0 aliphatic rings. The van der Waals surface area contributed by atoms with Crippen LogP contribution < -0.4 is 5.73 Å². The normalized spacial score (nSPS) is 12.2. The van der Waals surface area contributed by atoms with E-state index in [9.17, 15) is 0 Å². The Balaban J connectivity index is 1.79. The van der Waals surface area contributed by atoms with Crippen LogP contribution in [0.2, 0.25) is 25.7 Å². The predicted octanol–water partition coefficient (Wildman–Crippen LogP) is 3.89. The molecule has 0 unspecified atom stereocenters. The third-order valence-corrected chi connectivity index (χ3v) is 5.61. The van der Waals surface area contributed by atoms with Crippen LogP contribution in [0, 0.1) is 6.92 Å². The summed E-state index contributed by atoms with van der Waals surface area (Å²) in [6, 6.07) is 3.11. The Bertz CT molecular complexity index is 848. The maximum absolute atomic E-state index is 6.30. The number of hydrogen-bond donors (Lipinski definition) is 1. The smallest absolute Gasteiger partial charge is 0.229 e. The summed E-state index contributed by atoms with van der Waals surface area (Å²) in [6.45, 7) is 10.1. The number of aromatic nitrogens is 3. The molecule has 0 amide bonds. The topological polar surface area (TPSA) is 79.1 Å². The van der Waals surface area contributed by atoms with Crippen molar-refractivity contribution in [2.75, 3.05) is 12.3 Å². The average molecular weight is 344 g/mol. The van der Waals surface area contributed by atoms with Gasteiger partial charge in [-0.25, -0.2) is 9.97 Å². The second-order valence-electron chi connectivity index (χ2n) is 7.23. The number of fused-ring (bicyclic) bond motifs is 1. The van der Waals surface area contributed by atoms with Gasteiger partial charge in [-0.1, -0.05) is 19.6 Å². The highest BCUT2D eigenvalue weighted by Crippen LogP contribution is 2.31. The number of ether oxygens (including phenoxy) is 1. The molecule has 0 radical (unpaired) electrons. The number of pyridine rings is 1. The maximum Gasteiger partial charge on any atom is 0.229 e. The first-order valence-electron chi connectivity index (χ1n) is 8.09. The largest absolute Gasteiger partial charge is 0.441 e. The van der Waals surface area contributed by atoms with E-state index in [1.807, 2.05) is 23.8 Å². The molecule has 2 N–H and O–H groups in total. The van der Waals surface area contributed by atoms with Crippen molar-refractivity contribution in [3.63, 3.8) is 0 Å². The zero-order valence-electron chi connectivity index (χ0n) is 14.7. The molecule has 3 heterocycles. The van der Waals surface area contributed by atoms with E-state index in [0.717, 1.165) is 29.4 Å². The van der Waals surface area contributed by atoms with E-state index in [2.05, 4.69) is 29.6 Å². The number of rotatable bonds is 6. The molecule has 0 fully saturated rings. The summed E-state index contributed by atoms with van der Waals surface area (Å²) in [4.78, 5) is 8.76. The van der Waals surface area contributed by atoms with Crippen LogP contribution in [0.25, 0.3) is 22.5 Å². The molecular weight excluding hydrogens is 320 g/mol. The summed E-state index contributed by atoms with van der Waals surface area (Å²) in [5, 5.41) is 0.886. The van der Waals surface area contributed by atoms with E-state index >= 15 is 0 Å². The van der Waals surface area contributed by atoms with Crippen molar-refractivity contribution in [2.24, 2.45) is 0 Å². The molecule has 0 aliphatic carbocycles. The van der Waals surface area contributed by atoms with Crippen LogP contribution in [0.5, 0.6) is 0 Å². The van der Waals surface area contributed by atoms with E-state index in [1.54, 1.807) is 12.4 Å². The van der Waals surface area contributed by atoms with Crippen molar-refractivity contribution in [2.45, 2.75) is 39.3 Å². The molecule has 6 nitrogen and oxygen atoms in total. The number of oxazole rings is 1. The minimum atomic E-state index is -1.07. The molecular formula is C17H24N4O2Si. The molecule has 0 bridgehead atoms. The monoisotopic (exact) mass is 344 g/mol. The van der Waals surface area contributed by atoms with Gasteiger partial charge in [0, 0.05) is 32.5 Å². The second-order valence-corrected chi connectivity index (χ2v) is 12.9. The highest BCUT2D eigenvalue weighted by Gasteiger charge is 2.15. The van der Waals surface area contributed by atoms with E-state index in [0.29, 0.717) is 23.9 Å². The molecule has 0 aromatic carbocycles. The van der Waals surface area contributed by atoms with Gasteiger partial charge in [0.15, 0.2) is 0 Å². The van der Waals surface area contributed by atoms with Gasteiger partial charge in [0.2, 0.25) is 5.89 Å². The van der Waals surface area contributed by atoms with Crippen LogP contribution in [0.4, 0.5) is 5.69 Å². The number of aryl methyl sites for hydroxylation is 1. The van der Waals surface area contributed by atoms with Gasteiger partial charge in [-0.05, 0) is 19.0 Å². The Morgan fingerprint density at radius 3 is 2.71 bits per heavy atom. The molecule has 3 aromatic heterocycles. The van der Waals surface area contributed by atoms with Crippen molar-refractivity contribution >= 4 is 24.8 Å². The van der Waals surface area contributed by atoms with Crippen molar-refractivity contribution < 1.29 is 9.15 Å².